The molecule has 0 atom stereocenters. The van der Waals surface area contributed by atoms with Crippen LogP contribution >= 0.6 is 43.5 Å². The molecule has 3 nitrogen and oxygen atoms in total. The van der Waals surface area contributed by atoms with Crippen molar-refractivity contribution in [2.75, 3.05) is 5.32 Å². The highest BCUT2D eigenvalue weighted by Gasteiger charge is 2.23. The first kappa shape index (κ1) is 11.7. The smallest absolute Gasteiger partial charge is 0.224 e. The Morgan fingerprint density at radius 3 is 2.71 bits per heavy atom. The van der Waals surface area contributed by atoms with Gasteiger partial charge in [0.25, 0.3) is 0 Å². The summed E-state index contributed by atoms with van der Waals surface area (Å²) in [6.45, 7) is 0. The second-order valence-electron chi connectivity index (χ2n) is 4.04. The largest absolute Gasteiger partial charge is 0.367 e. The van der Waals surface area contributed by atoms with E-state index >= 15 is 0 Å². The first-order chi connectivity index (χ1) is 8.13. The second kappa shape index (κ2) is 4.37. The third kappa shape index (κ3) is 2.41. The Balaban J connectivity index is 2.24. The van der Waals surface area contributed by atoms with Crippen LogP contribution in [0.3, 0.4) is 0 Å². The van der Waals surface area contributed by atoms with Gasteiger partial charge in [-0.15, -0.1) is 0 Å². The average molecular weight is 377 g/mol. The van der Waals surface area contributed by atoms with E-state index in [9.17, 15) is 0 Å². The van der Waals surface area contributed by atoms with Gasteiger partial charge in [0.05, 0.1) is 5.52 Å². The van der Waals surface area contributed by atoms with Gasteiger partial charge in [0.1, 0.15) is 5.82 Å². The maximum atomic E-state index is 5.94. The number of hydrogen-bond donors (Lipinski definition) is 1. The van der Waals surface area contributed by atoms with E-state index in [0.717, 1.165) is 25.7 Å². The van der Waals surface area contributed by atoms with Gasteiger partial charge in [-0.1, -0.05) is 15.9 Å². The molecule has 0 saturated heterocycles. The molecule has 1 aliphatic carbocycles. The summed E-state index contributed by atoms with van der Waals surface area (Å²) in [5, 5.41) is 4.62. The maximum absolute atomic E-state index is 5.94. The minimum atomic E-state index is 0.267. The zero-order valence-electron chi connectivity index (χ0n) is 8.67. The van der Waals surface area contributed by atoms with Crippen LogP contribution in [0.4, 0.5) is 5.82 Å². The first-order valence-electron chi connectivity index (χ1n) is 5.22. The van der Waals surface area contributed by atoms with Gasteiger partial charge in [-0.25, -0.2) is 9.97 Å². The molecule has 1 fully saturated rings. The normalized spacial score (nSPS) is 15.2. The van der Waals surface area contributed by atoms with E-state index in [-0.39, 0.29) is 5.28 Å². The summed E-state index contributed by atoms with van der Waals surface area (Å²) >= 11 is 12.9. The molecule has 0 bridgehead atoms. The van der Waals surface area contributed by atoms with Crippen LogP contribution in [-0.4, -0.2) is 16.0 Å². The molecule has 6 heteroatoms. The van der Waals surface area contributed by atoms with E-state index in [1.807, 2.05) is 12.1 Å². The van der Waals surface area contributed by atoms with Crippen molar-refractivity contribution in [3.63, 3.8) is 0 Å². The van der Waals surface area contributed by atoms with Gasteiger partial charge < -0.3 is 5.32 Å². The van der Waals surface area contributed by atoms with Crippen molar-refractivity contribution in [3.8, 4) is 0 Å². The lowest BCUT2D eigenvalue weighted by atomic mass is 10.2. The van der Waals surface area contributed by atoms with E-state index in [1.54, 1.807) is 0 Å². The lowest BCUT2D eigenvalue weighted by Crippen LogP contribution is -2.05. The minimum Gasteiger partial charge on any atom is -0.367 e. The van der Waals surface area contributed by atoms with Gasteiger partial charge in [-0.3, -0.25) is 0 Å². The van der Waals surface area contributed by atoms with Crippen LogP contribution in [0.1, 0.15) is 12.8 Å². The molecule has 0 radical (unpaired) electrons. The van der Waals surface area contributed by atoms with Crippen molar-refractivity contribution in [3.05, 3.63) is 26.4 Å². The molecule has 0 unspecified atom stereocenters. The van der Waals surface area contributed by atoms with Gasteiger partial charge in [0.2, 0.25) is 5.28 Å². The molecule has 1 aliphatic rings. The van der Waals surface area contributed by atoms with Crippen LogP contribution in [0.25, 0.3) is 10.9 Å². The summed E-state index contributed by atoms with van der Waals surface area (Å²) in [5.74, 6) is 0.810. The molecule has 3 rings (SSSR count). The molecular formula is C11H8Br2ClN3. The topological polar surface area (TPSA) is 37.8 Å². The lowest BCUT2D eigenvalue weighted by molar-refractivity contribution is 1.10. The fourth-order valence-electron chi connectivity index (χ4n) is 1.66. The third-order valence-electron chi connectivity index (χ3n) is 2.61. The Hall–Kier alpha value is -0.390. The van der Waals surface area contributed by atoms with E-state index in [1.165, 1.54) is 12.8 Å². The number of halogens is 3. The monoisotopic (exact) mass is 375 g/mol. The fraction of sp³-hybridized carbons (Fsp3) is 0.273. The highest BCUT2D eigenvalue weighted by molar-refractivity contribution is 9.11. The molecule has 1 saturated carbocycles. The summed E-state index contributed by atoms with van der Waals surface area (Å²) in [6, 6.07) is 4.48. The number of nitrogens with one attached hydrogen (secondary N) is 1. The molecule has 2 aromatic rings. The molecule has 0 aliphatic heterocycles. The zero-order chi connectivity index (χ0) is 12.0. The molecule has 1 aromatic carbocycles. The van der Waals surface area contributed by atoms with Gasteiger partial charge in [-0.2, -0.15) is 0 Å². The molecule has 1 aromatic heterocycles. The van der Waals surface area contributed by atoms with Crippen molar-refractivity contribution in [1.29, 1.82) is 0 Å². The summed E-state index contributed by atoms with van der Waals surface area (Å²) in [6.07, 6.45) is 2.39. The predicted octanol–water partition coefficient (Wildman–Crippen LogP) is 4.38. The quantitative estimate of drug-likeness (QED) is 0.789. The SMILES string of the molecule is Clc1nc(NC2CC2)c2cc(Br)cc(Br)c2n1. The standard InChI is InChI=1S/C11H8Br2ClN3/c12-5-3-7-9(8(13)4-5)16-11(14)17-10(7)15-6-1-2-6/h3-4,6H,1-2H2,(H,15,16,17). The zero-order valence-corrected chi connectivity index (χ0v) is 12.6. The van der Waals surface area contributed by atoms with Gasteiger partial charge in [0, 0.05) is 20.4 Å². The van der Waals surface area contributed by atoms with E-state index in [0.29, 0.717) is 6.04 Å². The number of benzene rings is 1. The molecule has 0 spiro atoms. The highest BCUT2D eigenvalue weighted by Crippen LogP contribution is 2.34. The van der Waals surface area contributed by atoms with Crippen LogP contribution in [0, 0.1) is 0 Å². The summed E-state index contributed by atoms with van der Waals surface area (Å²) < 4.78 is 1.90. The van der Waals surface area contributed by atoms with Gasteiger partial charge in [-0.05, 0) is 52.5 Å². The molecule has 88 valence electrons. The highest BCUT2D eigenvalue weighted by atomic mass is 79.9. The number of fused-ring (bicyclic) bond motifs is 1. The predicted molar refractivity (Wildman–Crippen MR) is 76.6 cm³/mol. The minimum absolute atomic E-state index is 0.267. The summed E-state index contributed by atoms with van der Waals surface area (Å²) in [7, 11) is 0. The van der Waals surface area contributed by atoms with Gasteiger partial charge in [0.15, 0.2) is 0 Å². The number of nitrogens with zero attached hydrogens (tertiary/aromatic N) is 2. The van der Waals surface area contributed by atoms with E-state index in [2.05, 4.69) is 47.1 Å². The van der Waals surface area contributed by atoms with Crippen molar-refractivity contribution >= 4 is 60.2 Å². The summed E-state index contributed by atoms with van der Waals surface area (Å²) in [4.78, 5) is 8.52. The Morgan fingerprint density at radius 1 is 1.24 bits per heavy atom. The Kier molecular flexibility index (Phi) is 3.00. The van der Waals surface area contributed by atoms with Crippen LogP contribution in [0.2, 0.25) is 5.28 Å². The average Bonchev–Trinajstić information content (AvgIpc) is 3.04. The van der Waals surface area contributed by atoms with Crippen molar-refractivity contribution < 1.29 is 0 Å². The lowest BCUT2D eigenvalue weighted by Gasteiger charge is -2.09. The number of anilines is 1. The van der Waals surface area contributed by atoms with Crippen molar-refractivity contribution in [1.82, 2.24) is 9.97 Å². The Labute approximate surface area is 120 Å². The van der Waals surface area contributed by atoms with Crippen molar-refractivity contribution in [2.45, 2.75) is 18.9 Å². The number of rotatable bonds is 2. The molecule has 1 N–H and O–H groups in total. The Bertz CT molecular complexity index is 599. The number of aromatic nitrogens is 2. The van der Waals surface area contributed by atoms with Crippen LogP contribution < -0.4 is 5.32 Å². The molecule has 17 heavy (non-hydrogen) atoms. The summed E-state index contributed by atoms with van der Waals surface area (Å²) in [5.41, 5.74) is 0.830. The van der Waals surface area contributed by atoms with Crippen LogP contribution in [0.5, 0.6) is 0 Å². The Morgan fingerprint density at radius 2 is 2.00 bits per heavy atom. The van der Waals surface area contributed by atoms with Crippen LogP contribution in [-0.2, 0) is 0 Å². The molecule has 0 amide bonds. The molecular weight excluding hydrogens is 369 g/mol. The van der Waals surface area contributed by atoms with Crippen molar-refractivity contribution in [2.24, 2.45) is 0 Å². The van der Waals surface area contributed by atoms with E-state index < -0.39 is 0 Å². The maximum Gasteiger partial charge on any atom is 0.224 e. The first-order valence-corrected chi connectivity index (χ1v) is 7.19. The third-order valence-corrected chi connectivity index (χ3v) is 3.84. The van der Waals surface area contributed by atoms with E-state index in [4.69, 9.17) is 11.6 Å². The second-order valence-corrected chi connectivity index (χ2v) is 6.15. The molecule has 1 heterocycles. The fourth-order valence-corrected chi connectivity index (χ4v) is 3.14. The number of hydrogen-bond acceptors (Lipinski definition) is 3. The van der Waals surface area contributed by atoms with Gasteiger partial charge >= 0.3 is 0 Å². The van der Waals surface area contributed by atoms with Crippen LogP contribution in [0.15, 0.2) is 21.1 Å².